The second-order valence-electron chi connectivity index (χ2n) is 12.6. The number of esters is 1. The molecule has 6 rings (SSSR count). The number of hydrogen-bond acceptors (Lipinski definition) is 8. The fourth-order valence-electron chi connectivity index (χ4n) is 6.59. The number of hydrogen-bond donors (Lipinski definition) is 1. The van der Waals surface area contributed by atoms with Crippen LogP contribution in [0.3, 0.4) is 0 Å². The van der Waals surface area contributed by atoms with Crippen molar-refractivity contribution in [2.45, 2.75) is 76.7 Å². The highest BCUT2D eigenvalue weighted by Gasteiger charge is 2.51. The van der Waals surface area contributed by atoms with Crippen LogP contribution in [-0.4, -0.2) is 41.5 Å². The molecule has 0 saturated carbocycles. The summed E-state index contributed by atoms with van der Waals surface area (Å²) in [7, 11) is -1.58. The number of benzene rings is 2. The Balaban J connectivity index is 1.41. The first-order chi connectivity index (χ1) is 21.7. The SMILES string of the molecule is CC[C@@]1(OC(=O)OCc2ccccc2)C(=O)OCc2c1cc1n(c2=O)Cc2c-1nc1ccccc1c2CC[Si](C)(C)CCCO. The molecule has 2 aliphatic heterocycles. The van der Waals surface area contributed by atoms with E-state index in [0.29, 0.717) is 23.5 Å². The van der Waals surface area contributed by atoms with Crippen molar-refractivity contribution in [3.8, 4) is 11.4 Å². The van der Waals surface area contributed by atoms with Crippen LogP contribution in [0.25, 0.3) is 22.3 Å². The largest absolute Gasteiger partial charge is 0.510 e. The Labute approximate surface area is 262 Å². The molecule has 0 amide bonds. The zero-order valence-corrected chi connectivity index (χ0v) is 26.9. The molecule has 0 saturated heterocycles. The molecule has 2 aliphatic rings. The van der Waals surface area contributed by atoms with Gasteiger partial charge in [0.25, 0.3) is 5.56 Å². The lowest BCUT2D eigenvalue weighted by Crippen LogP contribution is -2.47. The molecule has 0 bridgehead atoms. The molecular formula is C35H38N2O7Si. The third-order valence-electron chi connectivity index (χ3n) is 9.20. The first-order valence-corrected chi connectivity index (χ1v) is 18.9. The summed E-state index contributed by atoms with van der Waals surface area (Å²) in [5.74, 6) is -0.737. The predicted molar refractivity (Wildman–Crippen MR) is 173 cm³/mol. The fourth-order valence-corrected chi connectivity index (χ4v) is 8.88. The van der Waals surface area contributed by atoms with Crippen LogP contribution in [0.15, 0.2) is 65.5 Å². The third kappa shape index (κ3) is 5.68. The quantitative estimate of drug-likeness (QED) is 0.147. The van der Waals surface area contributed by atoms with Crippen LogP contribution in [0.1, 0.15) is 47.6 Å². The zero-order valence-electron chi connectivity index (χ0n) is 25.9. The molecule has 0 radical (unpaired) electrons. The third-order valence-corrected chi connectivity index (χ3v) is 12.5. The smallest absolute Gasteiger partial charge is 0.457 e. The van der Waals surface area contributed by atoms with Gasteiger partial charge in [-0.3, -0.25) is 4.79 Å². The highest BCUT2D eigenvalue weighted by atomic mass is 28.3. The summed E-state index contributed by atoms with van der Waals surface area (Å²) in [6.07, 6.45) is 0.683. The highest BCUT2D eigenvalue weighted by Crippen LogP contribution is 2.42. The number of rotatable bonds is 10. The predicted octanol–water partition coefficient (Wildman–Crippen LogP) is 6.07. The van der Waals surface area contributed by atoms with E-state index in [2.05, 4.69) is 19.2 Å². The number of cyclic esters (lactones) is 1. The number of aliphatic hydroxyl groups is 1. The summed E-state index contributed by atoms with van der Waals surface area (Å²) in [5.41, 5.74) is 3.55. The van der Waals surface area contributed by atoms with Crippen molar-refractivity contribution < 1.29 is 28.9 Å². The van der Waals surface area contributed by atoms with Crippen molar-refractivity contribution in [2.75, 3.05) is 6.61 Å². The Morgan fingerprint density at radius 1 is 1.07 bits per heavy atom. The van der Waals surface area contributed by atoms with E-state index in [1.807, 2.05) is 48.5 Å². The van der Waals surface area contributed by atoms with Gasteiger partial charge in [0.2, 0.25) is 5.60 Å². The van der Waals surface area contributed by atoms with Crippen LogP contribution in [0.2, 0.25) is 25.2 Å². The van der Waals surface area contributed by atoms with Gasteiger partial charge in [0, 0.05) is 31.2 Å². The number of pyridine rings is 2. The molecule has 2 aromatic carbocycles. The van der Waals surface area contributed by atoms with E-state index in [1.165, 1.54) is 5.56 Å². The van der Waals surface area contributed by atoms with E-state index in [-0.39, 0.29) is 37.4 Å². The maximum Gasteiger partial charge on any atom is 0.510 e. The van der Waals surface area contributed by atoms with Gasteiger partial charge in [0.05, 0.1) is 29.0 Å². The van der Waals surface area contributed by atoms with Crippen molar-refractivity contribution in [3.05, 3.63) is 98.8 Å². The number of ether oxygens (including phenoxy) is 3. The van der Waals surface area contributed by atoms with Crippen LogP contribution in [-0.2, 0) is 50.8 Å². The van der Waals surface area contributed by atoms with Crippen LogP contribution >= 0.6 is 0 Å². The van der Waals surface area contributed by atoms with E-state index in [4.69, 9.17) is 19.2 Å². The van der Waals surface area contributed by atoms with E-state index >= 15 is 0 Å². The second kappa shape index (κ2) is 12.2. The standard InChI is InChI=1S/C35H38N2O7Si/c1-4-35(44-34(41)43-21-23-11-6-5-7-12-23)28-19-30-31-26(20-37(30)32(39)27(28)22-42-33(35)40)24(15-18-45(2,3)17-10-16-38)25-13-8-9-14-29(25)36-31/h5-9,11-14,19,38H,4,10,15-18,20-22H2,1-3H3/t35-/m0/s1. The molecule has 45 heavy (non-hydrogen) atoms. The Bertz CT molecular complexity index is 1840. The number of carbonyl (C=O) groups excluding carboxylic acids is 2. The maximum atomic E-state index is 14.1. The second-order valence-corrected chi connectivity index (χ2v) is 18.0. The van der Waals surface area contributed by atoms with Gasteiger partial charge in [-0.15, -0.1) is 0 Å². The van der Waals surface area contributed by atoms with Gasteiger partial charge in [-0.2, -0.15) is 0 Å². The van der Waals surface area contributed by atoms with Gasteiger partial charge < -0.3 is 23.9 Å². The van der Waals surface area contributed by atoms with Gasteiger partial charge in [-0.1, -0.05) is 80.6 Å². The van der Waals surface area contributed by atoms with Crippen LogP contribution in [0.4, 0.5) is 4.79 Å². The van der Waals surface area contributed by atoms with Crippen molar-refractivity contribution in [1.29, 1.82) is 0 Å². The average molecular weight is 627 g/mol. The van der Waals surface area contributed by atoms with Gasteiger partial charge in [-0.25, -0.2) is 14.6 Å². The summed E-state index contributed by atoms with van der Waals surface area (Å²) in [6.45, 7) is 6.74. The topological polar surface area (TPSA) is 117 Å². The summed E-state index contributed by atoms with van der Waals surface area (Å²) in [6, 6.07) is 21.0. The molecule has 234 valence electrons. The Morgan fingerprint density at radius 2 is 1.82 bits per heavy atom. The lowest BCUT2D eigenvalue weighted by atomic mass is 9.85. The minimum Gasteiger partial charge on any atom is -0.457 e. The number of fused-ring (bicyclic) bond motifs is 5. The van der Waals surface area contributed by atoms with Crippen molar-refractivity contribution in [2.24, 2.45) is 0 Å². The van der Waals surface area contributed by atoms with Crippen molar-refractivity contribution in [1.82, 2.24) is 9.55 Å². The minimum absolute atomic E-state index is 0.0268. The molecule has 0 fully saturated rings. The Morgan fingerprint density at radius 3 is 2.58 bits per heavy atom. The average Bonchev–Trinajstić information content (AvgIpc) is 3.41. The Hall–Kier alpha value is -4.28. The maximum absolute atomic E-state index is 14.1. The summed E-state index contributed by atoms with van der Waals surface area (Å²) < 4.78 is 18.3. The minimum atomic E-state index is -1.83. The van der Waals surface area contributed by atoms with E-state index in [1.54, 1.807) is 17.6 Å². The fraction of sp³-hybridized carbons (Fsp3) is 0.371. The first kappa shape index (κ1) is 30.7. The van der Waals surface area contributed by atoms with Gasteiger partial charge >= 0.3 is 12.1 Å². The molecule has 4 heterocycles. The lowest BCUT2D eigenvalue weighted by Gasteiger charge is -2.35. The van der Waals surface area contributed by atoms with E-state index in [9.17, 15) is 19.5 Å². The lowest BCUT2D eigenvalue weighted by molar-refractivity contribution is -0.175. The number of aryl methyl sites for hydroxylation is 1. The number of aliphatic hydroxyl groups excluding tert-OH is 1. The summed E-state index contributed by atoms with van der Waals surface area (Å²) >= 11 is 0. The number of carbonyl (C=O) groups is 2. The molecule has 4 aromatic rings. The summed E-state index contributed by atoms with van der Waals surface area (Å²) in [5, 5.41) is 10.5. The molecule has 1 atom stereocenters. The van der Waals surface area contributed by atoms with E-state index in [0.717, 1.165) is 47.0 Å². The van der Waals surface area contributed by atoms with Crippen molar-refractivity contribution >= 4 is 31.1 Å². The molecule has 0 aliphatic carbocycles. The van der Waals surface area contributed by atoms with Crippen LogP contribution < -0.4 is 5.56 Å². The molecule has 2 aromatic heterocycles. The van der Waals surface area contributed by atoms with Gasteiger partial charge in [-0.05, 0) is 42.5 Å². The van der Waals surface area contributed by atoms with Crippen LogP contribution in [0.5, 0.6) is 0 Å². The van der Waals surface area contributed by atoms with Crippen LogP contribution in [0, 0.1) is 0 Å². The molecule has 1 N–H and O–H groups in total. The summed E-state index contributed by atoms with van der Waals surface area (Å²) in [4.78, 5) is 45.4. The Kier molecular flexibility index (Phi) is 8.36. The molecule has 9 nitrogen and oxygen atoms in total. The van der Waals surface area contributed by atoms with Gasteiger partial charge in [0.1, 0.15) is 13.2 Å². The number of nitrogens with zero attached hydrogens (tertiary/aromatic N) is 2. The molecule has 0 spiro atoms. The monoisotopic (exact) mass is 626 g/mol. The number of aromatic nitrogens is 2. The normalized spacial score (nSPS) is 16.9. The van der Waals surface area contributed by atoms with Crippen molar-refractivity contribution in [3.63, 3.8) is 0 Å². The number of para-hydroxylation sites is 1. The van der Waals surface area contributed by atoms with E-state index < -0.39 is 25.8 Å². The molecule has 0 unspecified atom stereocenters. The zero-order chi connectivity index (χ0) is 31.8. The highest BCUT2D eigenvalue weighted by molar-refractivity contribution is 6.77. The molecular weight excluding hydrogens is 588 g/mol. The first-order valence-electron chi connectivity index (χ1n) is 15.5. The van der Waals surface area contributed by atoms with Gasteiger partial charge in [0.15, 0.2) is 0 Å². The molecule has 10 heteroatoms.